The zero-order chi connectivity index (χ0) is 16.4. The Morgan fingerprint density at radius 2 is 2.17 bits per heavy atom. The molecule has 0 bridgehead atoms. The maximum absolute atomic E-state index is 13.9. The molecule has 1 aliphatic carbocycles. The summed E-state index contributed by atoms with van der Waals surface area (Å²) in [6.07, 6.45) is 2.67. The lowest BCUT2D eigenvalue weighted by Gasteiger charge is -2.34. The second-order valence-electron chi connectivity index (χ2n) is 6.85. The smallest absolute Gasteiger partial charge is 0.253 e. The molecule has 1 aromatic carbocycles. The van der Waals surface area contributed by atoms with E-state index in [1.165, 1.54) is 25.0 Å². The third-order valence-electron chi connectivity index (χ3n) is 4.81. The van der Waals surface area contributed by atoms with Crippen LogP contribution in [0.5, 0.6) is 0 Å². The van der Waals surface area contributed by atoms with Crippen molar-refractivity contribution in [1.29, 1.82) is 0 Å². The van der Waals surface area contributed by atoms with Crippen molar-refractivity contribution >= 4 is 5.91 Å². The van der Waals surface area contributed by atoms with E-state index in [-0.39, 0.29) is 24.2 Å². The standard InChI is InChI=1S/C18H24FNO3/c1-12-6-7-20(9-17(12)21)18(22)14-4-5-16(19)15(8-14)11-23-10-13-2-3-13/h4-5,8,12-13,17,21H,2-3,6-7,9-11H2,1H3. The summed E-state index contributed by atoms with van der Waals surface area (Å²) in [5.41, 5.74) is 0.876. The van der Waals surface area contributed by atoms with Crippen molar-refractivity contribution in [2.24, 2.45) is 11.8 Å². The lowest BCUT2D eigenvalue weighted by Crippen LogP contribution is -2.45. The Hall–Kier alpha value is -1.46. The van der Waals surface area contributed by atoms with Crippen LogP contribution in [0.15, 0.2) is 18.2 Å². The molecule has 1 amide bonds. The topological polar surface area (TPSA) is 49.8 Å². The molecule has 0 aromatic heterocycles. The number of hydrogen-bond donors (Lipinski definition) is 1. The molecule has 1 saturated carbocycles. The van der Waals surface area contributed by atoms with Gasteiger partial charge in [-0.2, -0.15) is 0 Å². The number of likely N-dealkylation sites (tertiary alicyclic amines) is 1. The maximum Gasteiger partial charge on any atom is 0.253 e. The summed E-state index contributed by atoms with van der Waals surface area (Å²) in [4.78, 5) is 14.2. The fraction of sp³-hybridized carbons (Fsp3) is 0.611. The normalized spacial score (nSPS) is 24.7. The first kappa shape index (κ1) is 16.4. The van der Waals surface area contributed by atoms with E-state index in [2.05, 4.69) is 0 Å². The number of nitrogens with zero attached hydrogens (tertiary/aromatic N) is 1. The number of hydrogen-bond acceptors (Lipinski definition) is 3. The van der Waals surface area contributed by atoms with Gasteiger partial charge in [0.25, 0.3) is 5.91 Å². The van der Waals surface area contributed by atoms with Crippen molar-refractivity contribution in [1.82, 2.24) is 4.90 Å². The number of aliphatic hydroxyl groups is 1. The number of piperidine rings is 1. The minimum atomic E-state index is -0.491. The number of β-amino-alcohol motifs (C(OH)–C–C–N with tert-alkyl or cyclic N) is 1. The zero-order valence-electron chi connectivity index (χ0n) is 13.5. The molecule has 2 aliphatic rings. The first-order valence-corrected chi connectivity index (χ1v) is 8.38. The molecule has 4 nitrogen and oxygen atoms in total. The van der Waals surface area contributed by atoms with Gasteiger partial charge in [0.1, 0.15) is 5.82 Å². The number of carbonyl (C=O) groups excluding carboxylic acids is 1. The largest absolute Gasteiger partial charge is 0.391 e. The van der Waals surface area contributed by atoms with Gasteiger partial charge in [-0.1, -0.05) is 6.92 Å². The van der Waals surface area contributed by atoms with Gasteiger partial charge in [-0.3, -0.25) is 4.79 Å². The van der Waals surface area contributed by atoms with Crippen molar-refractivity contribution < 1.29 is 19.0 Å². The Kier molecular flexibility index (Phi) is 4.97. The van der Waals surface area contributed by atoms with Gasteiger partial charge in [-0.25, -0.2) is 4.39 Å². The van der Waals surface area contributed by atoms with Crippen LogP contribution in [0.3, 0.4) is 0 Å². The van der Waals surface area contributed by atoms with Crippen LogP contribution in [0.25, 0.3) is 0 Å². The van der Waals surface area contributed by atoms with Crippen LogP contribution < -0.4 is 0 Å². The number of halogens is 1. The third-order valence-corrected chi connectivity index (χ3v) is 4.81. The Labute approximate surface area is 136 Å². The summed E-state index contributed by atoms with van der Waals surface area (Å²) in [6, 6.07) is 4.41. The van der Waals surface area contributed by atoms with Gasteiger partial charge in [0, 0.05) is 30.8 Å². The summed E-state index contributed by atoms with van der Waals surface area (Å²) >= 11 is 0. The summed E-state index contributed by atoms with van der Waals surface area (Å²) < 4.78 is 19.4. The minimum Gasteiger partial charge on any atom is -0.391 e. The second kappa shape index (κ2) is 6.97. The van der Waals surface area contributed by atoms with Gasteiger partial charge >= 0.3 is 0 Å². The SMILES string of the molecule is CC1CCN(C(=O)c2ccc(F)c(COCC3CC3)c2)CC1O. The number of amides is 1. The average Bonchev–Trinajstić information content (AvgIpc) is 3.35. The molecular weight excluding hydrogens is 297 g/mol. The van der Waals surface area contributed by atoms with Gasteiger partial charge in [-0.15, -0.1) is 0 Å². The number of ether oxygens (including phenoxy) is 1. The molecule has 3 rings (SSSR count). The summed E-state index contributed by atoms with van der Waals surface area (Å²) in [6.45, 7) is 3.81. The molecule has 2 atom stereocenters. The first-order chi connectivity index (χ1) is 11.0. The number of carbonyl (C=O) groups is 1. The molecular formula is C18H24FNO3. The van der Waals surface area contributed by atoms with E-state index < -0.39 is 6.10 Å². The molecule has 1 saturated heterocycles. The van der Waals surface area contributed by atoms with E-state index in [0.29, 0.717) is 36.7 Å². The van der Waals surface area contributed by atoms with Gasteiger partial charge in [0.15, 0.2) is 0 Å². The lowest BCUT2D eigenvalue weighted by atomic mass is 9.95. The molecule has 2 unspecified atom stereocenters. The minimum absolute atomic E-state index is 0.153. The van der Waals surface area contributed by atoms with E-state index in [0.717, 1.165) is 6.42 Å². The number of rotatable bonds is 5. The predicted octanol–water partition coefficient (Wildman–Crippen LogP) is 2.60. The monoisotopic (exact) mass is 321 g/mol. The third kappa shape index (κ3) is 4.09. The fourth-order valence-corrected chi connectivity index (χ4v) is 2.85. The van der Waals surface area contributed by atoms with Crippen LogP contribution in [0.4, 0.5) is 4.39 Å². The lowest BCUT2D eigenvalue weighted by molar-refractivity contribution is 0.0248. The molecule has 1 aliphatic heterocycles. The fourth-order valence-electron chi connectivity index (χ4n) is 2.85. The summed E-state index contributed by atoms with van der Waals surface area (Å²) in [5, 5.41) is 9.94. The van der Waals surface area contributed by atoms with E-state index in [9.17, 15) is 14.3 Å². The summed E-state index contributed by atoms with van der Waals surface area (Å²) in [5.74, 6) is 0.336. The van der Waals surface area contributed by atoms with E-state index in [1.54, 1.807) is 11.0 Å². The number of aliphatic hydroxyl groups excluding tert-OH is 1. The molecule has 5 heteroatoms. The Balaban J connectivity index is 1.65. The Morgan fingerprint density at radius 1 is 1.39 bits per heavy atom. The molecule has 1 N–H and O–H groups in total. The van der Waals surface area contributed by atoms with Crippen molar-refractivity contribution in [2.75, 3.05) is 19.7 Å². The predicted molar refractivity (Wildman–Crippen MR) is 84.5 cm³/mol. The van der Waals surface area contributed by atoms with Crippen LogP contribution >= 0.6 is 0 Å². The van der Waals surface area contributed by atoms with Crippen LogP contribution in [0.2, 0.25) is 0 Å². The molecule has 23 heavy (non-hydrogen) atoms. The van der Waals surface area contributed by atoms with Crippen molar-refractivity contribution in [3.05, 3.63) is 35.1 Å². The van der Waals surface area contributed by atoms with Crippen molar-refractivity contribution in [3.8, 4) is 0 Å². The van der Waals surface area contributed by atoms with Crippen LogP contribution in [0.1, 0.15) is 42.1 Å². The highest BCUT2D eigenvalue weighted by Crippen LogP contribution is 2.29. The molecule has 1 heterocycles. The molecule has 1 aromatic rings. The van der Waals surface area contributed by atoms with E-state index in [4.69, 9.17) is 4.74 Å². The van der Waals surface area contributed by atoms with Crippen LogP contribution in [-0.4, -0.2) is 41.7 Å². The number of benzene rings is 1. The average molecular weight is 321 g/mol. The maximum atomic E-state index is 13.9. The van der Waals surface area contributed by atoms with Gasteiger partial charge in [0.2, 0.25) is 0 Å². The first-order valence-electron chi connectivity index (χ1n) is 8.38. The van der Waals surface area contributed by atoms with Gasteiger partial charge in [0.05, 0.1) is 12.7 Å². The zero-order valence-corrected chi connectivity index (χ0v) is 13.5. The molecule has 126 valence electrons. The highest BCUT2D eigenvalue weighted by Gasteiger charge is 2.28. The molecule has 2 fully saturated rings. The molecule has 0 spiro atoms. The second-order valence-corrected chi connectivity index (χ2v) is 6.85. The van der Waals surface area contributed by atoms with E-state index >= 15 is 0 Å². The van der Waals surface area contributed by atoms with Crippen molar-refractivity contribution in [2.45, 2.75) is 38.9 Å². The quantitative estimate of drug-likeness (QED) is 0.907. The highest BCUT2D eigenvalue weighted by atomic mass is 19.1. The van der Waals surface area contributed by atoms with Gasteiger partial charge < -0.3 is 14.7 Å². The summed E-state index contributed by atoms with van der Waals surface area (Å²) in [7, 11) is 0. The van der Waals surface area contributed by atoms with Crippen molar-refractivity contribution in [3.63, 3.8) is 0 Å². The van der Waals surface area contributed by atoms with Crippen LogP contribution in [0, 0.1) is 17.7 Å². The molecule has 0 radical (unpaired) electrons. The Bertz CT molecular complexity index is 573. The Morgan fingerprint density at radius 3 is 2.87 bits per heavy atom. The van der Waals surface area contributed by atoms with E-state index in [1.807, 2.05) is 6.92 Å². The highest BCUT2D eigenvalue weighted by molar-refractivity contribution is 5.94. The van der Waals surface area contributed by atoms with Gasteiger partial charge in [-0.05, 0) is 49.3 Å². The van der Waals surface area contributed by atoms with Crippen LogP contribution in [-0.2, 0) is 11.3 Å².